The fourth-order valence-corrected chi connectivity index (χ4v) is 4.85. The minimum atomic E-state index is -0.102. The number of morpholine rings is 1. The van der Waals surface area contributed by atoms with E-state index in [-0.39, 0.29) is 17.9 Å². The molecule has 2 saturated heterocycles. The first-order valence-corrected chi connectivity index (χ1v) is 11.2. The summed E-state index contributed by atoms with van der Waals surface area (Å²) in [5, 5.41) is 4.11. The highest BCUT2D eigenvalue weighted by Gasteiger charge is 2.30. The lowest BCUT2D eigenvalue weighted by molar-refractivity contribution is -0.140. The van der Waals surface area contributed by atoms with Gasteiger partial charge >= 0.3 is 6.03 Å². The second-order valence-corrected chi connectivity index (χ2v) is 9.08. The molecule has 0 radical (unpaired) electrons. The molecule has 1 N–H and O–H groups in total. The summed E-state index contributed by atoms with van der Waals surface area (Å²) in [6.45, 7) is 8.07. The van der Waals surface area contributed by atoms with Crippen LogP contribution in [0, 0.1) is 5.92 Å². The average Bonchev–Trinajstić information content (AvgIpc) is 3.18. The van der Waals surface area contributed by atoms with E-state index in [1.54, 1.807) is 16.2 Å². The Kier molecular flexibility index (Phi) is 6.01. The highest BCUT2D eigenvalue weighted by atomic mass is 32.1. The molecule has 0 spiro atoms. The highest BCUT2D eigenvalue weighted by molar-refractivity contribution is 7.18. The van der Waals surface area contributed by atoms with E-state index < -0.39 is 0 Å². The Balaban J connectivity index is 1.32. The predicted molar refractivity (Wildman–Crippen MR) is 114 cm³/mol. The fourth-order valence-electron chi connectivity index (χ4n) is 3.84. The molecule has 29 heavy (non-hydrogen) atoms. The molecule has 2 fully saturated rings. The van der Waals surface area contributed by atoms with Gasteiger partial charge in [0.25, 0.3) is 0 Å². The van der Waals surface area contributed by atoms with Crippen molar-refractivity contribution in [2.45, 2.75) is 32.6 Å². The van der Waals surface area contributed by atoms with Crippen molar-refractivity contribution in [2.24, 2.45) is 5.92 Å². The number of ether oxygens (including phenoxy) is 1. The largest absolute Gasteiger partial charge is 0.378 e. The topological polar surface area (TPSA) is 74.8 Å². The molecule has 156 valence electrons. The molecular formula is C21H28N4O3S. The minimum absolute atomic E-state index is 0.0140. The van der Waals surface area contributed by atoms with Crippen LogP contribution in [0.5, 0.6) is 0 Å². The van der Waals surface area contributed by atoms with E-state index in [9.17, 15) is 9.59 Å². The summed E-state index contributed by atoms with van der Waals surface area (Å²) in [5.74, 6) is 0.622. The molecule has 0 atom stereocenters. The number of likely N-dealkylation sites (tertiary alicyclic amines) is 1. The zero-order valence-electron chi connectivity index (χ0n) is 17.0. The number of rotatable bonds is 3. The first kappa shape index (κ1) is 20.1. The van der Waals surface area contributed by atoms with Crippen molar-refractivity contribution in [3.05, 3.63) is 23.2 Å². The van der Waals surface area contributed by atoms with Gasteiger partial charge in [0, 0.05) is 43.7 Å². The predicted octanol–water partition coefficient (Wildman–Crippen LogP) is 3.52. The van der Waals surface area contributed by atoms with E-state index in [0.717, 1.165) is 33.8 Å². The monoisotopic (exact) mass is 416 g/mol. The molecule has 3 heterocycles. The van der Waals surface area contributed by atoms with E-state index in [2.05, 4.69) is 24.1 Å². The molecular weight excluding hydrogens is 388 g/mol. The Morgan fingerprint density at radius 2 is 1.86 bits per heavy atom. The average molecular weight is 417 g/mol. The summed E-state index contributed by atoms with van der Waals surface area (Å²) in [6.07, 6.45) is 1.43. The quantitative estimate of drug-likeness (QED) is 0.831. The number of urea groups is 1. The number of fused-ring (bicyclic) bond motifs is 1. The Morgan fingerprint density at radius 1 is 1.14 bits per heavy atom. The van der Waals surface area contributed by atoms with Gasteiger partial charge < -0.3 is 19.9 Å². The number of nitrogens with zero attached hydrogens (tertiary/aromatic N) is 3. The van der Waals surface area contributed by atoms with E-state index in [1.165, 1.54) is 0 Å². The first-order valence-electron chi connectivity index (χ1n) is 10.3. The van der Waals surface area contributed by atoms with Crippen LogP contribution in [0.3, 0.4) is 0 Å². The zero-order chi connectivity index (χ0) is 20.4. The van der Waals surface area contributed by atoms with Crippen LogP contribution >= 0.6 is 11.3 Å². The highest BCUT2D eigenvalue weighted by Crippen LogP contribution is 2.29. The lowest BCUT2D eigenvalue weighted by Crippen LogP contribution is -2.48. The number of hydrogen-bond acceptors (Lipinski definition) is 5. The van der Waals surface area contributed by atoms with Crippen LogP contribution in [0.2, 0.25) is 0 Å². The summed E-state index contributed by atoms with van der Waals surface area (Å²) in [5.41, 5.74) is 1.76. The Hall–Kier alpha value is -2.19. The van der Waals surface area contributed by atoms with Crippen molar-refractivity contribution < 1.29 is 14.3 Å². The van der Waals surface area contributed by atoms with Gasteiger partial charge in [-0.05, 0) is 31.0 Å². The van der Waals surface area contributed by atoms with Crippen molar-refractivity contribution in [2.75, 3.05) is 44.7 Å². The molecule has 7 nitrogen and oxygen atoms in total. The first-order chi connectivity index (χ1) is 14.0. The summed E-state index contributed by atoms with van der Waals surface area (Å²) < 4.78 is 6.41. The van der Waals surface area contributed by atoms with Crippen LogP contribution in [-0.2, 0) is 9.53 Å². The van der Waals surface area contributed by atoms with Crippen molar-refractivity contribution in [1.82, 2.24) is 14.8 Å². The van der Waals surface area contributed by atoms with E-state index in [4.69, 9.17) is 4.74 Å². The second kappa shape index (κ2) is 8.67. The smallest absolute Gasteiger partial charge is 0.321 e. The third kappa shape index (κ3) is 4.53. The molecule has 1 aromatic carbocycles. The number of piperidine rings is 1. The van der Waals surface area contributed by atoms with Crippen molar-refractivity contribution in [3.8, 4) is 0 Å². The van der Waals surface area contributed by atoms with Gasteiger partial charge in [0.15, 0.2) is 0 Å². The summed E-state index contributed by atoms with van der Waals surface area (Å²) in [6, 6.07) is 5.75. The Morgan fingerprint density at radius 3 is 2.55 bits per heavy atom. The van der Waals surface area contributed by atoms with Crippen LogP contribution in [0.25, 0.3) is 10.2 Å². The van der Waals surface area contributed by atoms with Gasteiger partial charge in [0.05, 0.1) is 28.4 Å². The molecule has 2 aromatic rings. The van der Waals surface area contributed by atoms with Gasteiger partial charge in [0.1, 0.15) is 0 Å². The van der Waals surface area contributed by atoms with Gasteiger partial charge in [-0.2, -0.15) is 0 Å². The van der Waals surface area contributed by atoms with Gasteiger partial charge in [-0.15, -0.1) is 11.3 Å². The van der Waals surface area contributed by atoms with Crippen LogP contribution in [0.15, 0.2) is 18.2 Å². The van der Waals surface area contributed by atoms with Gasteiger partial charge in [-0.25, -0.2) is 9.78 Å². The van der Waals surface area contributed by atoms with Crippen molar-refractivity contribution in [3.63, 3.8) is 0 Å². The van der Waals surface area contributed by atoms with Crippen LogP contribution in [-0.4, -0.2) is 66.1 Å². The molecule has 2 aliphatic heterocycles. The fraction of sp³-hybridized carbons (Fsp3) is 0.571. The molecule has 3 amide bonds. The Bertz CT molecular complexity index is 883. The van der Waals surface area contributed by atoms with Crippen LogP contribution in [0.4, 0.5) is 10.5 Å². The lowest BCUT2D eigenvalue weighted by atomic mass is 9.95. The van der Waals surface area contributed by atoms with E-state index in [0.29, 0.717) is 45.3 Å². The normalized spacial score (nSPS) is 18.4. The van der Waals surface area contributed by atoms with Gasteiger partial charge in [-0.3, -0.25) is 4.79 Å². The molecule has 0 aliphatic carbocycles. The maximum absolute atomic E-state index is 12.7. The number of carbonyl (C=O) groups is 2. The summed E-state index contributed by atoms with van der Waals surface area (Å²) in [7, 11) is 0. The minimum Gasteiger partial charge on any atom is -0.378 e. The second-order valence-electron chi connectivity index (χ2n) is 8.02. The lowest BCUT2D eigenvalue weighted by Gasteiger charge is -2.35. The number of benzene rings is 1. The van der Waals surface area contributed by atoms with Gasteiger partial charge in [-0.1, -0.05) is 13.8 Å². The third-order valence-corrected chi connectivity index (χ3v) is 6.92. The number of nitrogens with one attached hydrogen (secondary N) is 1. The molecule has 0 bridgehead atoms. The maximum Gasteiger partial charge on any atom is 0.321 e. The van der Waals surface area contributed by atoms with Gasteiger partial charge in [0.2, 0.25) is 5.91 Å². The van der Waals surface area contributed by atoms with E-state index >= 15 is 0 Å². The van der Waals surface area contributed by atoms with E-state index in [1.807, 2.05) is 23.1 Å². The molecule has 0 unspecified atom stereocenters. The number of hydrogen-bond donors (Lipinski definition) is 1. The van der Waals surface area contributed by atoms with Crippen molar-refractivity contribution >= 4 is 39.2 Å². The van der Waals surface area contributed by atoms with Crippen molar-refractivity contribution in [1.29, 1.82) is 0 Å². The molecule has 2 aliphatic rings. The number of carbonyl (C=O) groups excluding carboxylic acids is 2. The molecule has 1 aromatic heterocycles. The number of amides is 3. The zero-order valence-corrected chi connectivity index (χ0v) is 17.8. The number of aromatic nitrogens is 1. The third-order valence-electron chi connectivity index (χ3n) is 5.60. The van der Waals surface area contributed by atoms with Crippen LogP contribution < -0.4 is 5.32 Å². The maximum atomic E-state index is 12.7. The number of thiazole rings is 1. The van der Waals surface area contributed by atoms with Crippen LogP contribution in [0.1, 0.15) is 37.6 Å². The summed E-state index contributed by atoms with van der Waals surface area (Å²) in [4.78, 5) is 33.7. The number of anilines is 1. The SMILES string of the molecule is CC(C)c1nc2ccc(NC(=O)N3CCC(C(=O)N4CCOCC4)CC3)cc2s1. The standard InChI is InChI=1S/C21H28N4O3S/c1-14(2)19-23-17-4-3-16(13-18(17)29-19)22-21(27)25-7-5-15(6-8-25)20(26)24-9-11-28-12-10-24/h3-4,13-15H,5-12H2,1-2H3,(H,22,27). The summed E-state index contributed by atoms with van der Waals surface area (Å²) >= 11 is 1.67. The molecule has 8 heteroatoms. The Labute approximate surface area is 175 Å². The molecule has 4 rings (SSSR count). The molecule has 0 saturated carbocycles.